The predicted octanol–water partition coefficient (Wildman–Crippen LogP) is 5.94. The van der Waals surface area contributed by atoms with Crippen LogP contribution in [0.3, 0.4) is 0 Å². The molecular weight excluding hydrogens is 605 g/mol. The molecule has 0 aromatic heterocycles. The van der Waals surface area contributed by atoms with Crippen LogP contribution in [0.25, 0.3) is 0 Å². The van der Waals surface area contributed by atoms with E-state index >= 15 is 0 Å². The summed E-state index contributed by atoms with van der Waals surface area (Å²) in [6.07, 6.45) is 0.712. The van der Waals surface area contributed by atoms with Gasteiger partial charge in [0.25, 0.3) is 10.0 Å². The summed E-state index contributed by atoms with van der Waals surface area (Å²) < 4.78 is 55.3. The van der Waals surface area contributed by atoms with Crippen LogP contribution >= 0.6 is 34.8 Å². The minimum atomic E-state index is -3.86. The van der Waals surface area contributed by atoms with Crippen LogP contribution in [-0.2, 0) is 30.6 Å². The van der Waals surface area contributed by atoms with E-state index in [0.29, 0.717) is 39.8 Å². The molecular formula is C26H26Cl3N3O5S2. The van der Waals surface area contributed by atoms with Gasteiger partial charge in [-0.25, -0.2) is 21.1 Å². The Bertz CT molecular complexity index is 1590. The number of rotatable bonds is 8. The van der Waals surface area contributed by atoms with Crippen LogP contribution in [0.4, 0.5) is 11.4 Å². The molecule has 0 saturated carbocycles. The van der Waals surface area contributed by atoms with Crippen molar-refractivity contribution < 1.29 is 21.6 Å². The lowest BCUT2D eigenvalue weighted by Gasteiger charge is -2.30. The third kappa shape index (κ3) is 7.45. The first kappa shape index (κ1) is 29.6. The highest BCUT2D eigenvalue weighted by Crippen LogP contribution is 2.28. The van der Waals surface area contributed by atoms with Crippen molar-refractivity contribution >= 4 is 72.1 Å². The molecule has 13 heteroatoms. The van der Waals surface area contributed by atoms with Gasteiger partial charge in [-0.3, -0.25) is 9.52 Å². The Hall–Kier alpha value is -2.34. The molecule has 1 heterocycles. The number of sulfonamides is 2. The molecule has 4 rings (SSSR count). The average molecular weight is 631 g/mol. The second kappa shape index (κ2) is 12.0. The molecule has 1 amide bonds. The minimum absolute atomic E-state index is 0.0270. The van der Waals surface area contributed by atoms with Crippen LogP contribution in [0.5, 0.6) is 0 Å². The van der Waals surface area contributed by atoms with Crippen LogP contribution in [-0.4, -0.2) is 40.1 Å². The second-order valence-electron chi connectivity index (χ2n) is 9.24. The largest absolute Gasteiger partial charge is 0.326 e. The zero-order chi connectivity index (χ0) is 28.4. The number of nitrogens with one attached hydrogen (secondary N) is 2. The molecule has 0 atom stereocenters. The van der Waals surface area contributed by atoms with Crippen LogP contribution < -0.4 is 10.0 Å². The Labute approximate surface area is 243 Å². The number of amides is 1. The van der Waals surface area contributed by atoms with Crippen molar-refractivity contribution in [2.24, 2.45) is 5.92 Å². The Morgan fingerprint density at radius 1 is 0.897 bits per heavy atom. The molecule has 0 radical (unpaired) electrons. The smallest absolute Gasteiger partial charge is 0.261 e. The topological polar surface area (TPSA) is 113 Å². The fraction of sp³-hybridized carbons (Fsp3) is 0.269. The van der Waals surface area contributed by atoms with Crippen molar-refractivity contribution in [2.45, 2.75) is 30.4 Å². The lowest BCUT2D eigenvalue weighted by molar-refractivity contribution is -0.120. The summed E-state index contributed by atoms with van der Waals surface area (Å²) in [6, 6.07) is 15.4. The molecule has 208 valence electrons. The lowest BCUT2D eigenvalue weighted by Crippen LogP contribution is -2.41. The van der Waals surface area contributed by atoms with E-state index in [0.717, 1.165) is 5.56 Å². The number of carbonyl (C=O) groups excluding carboxylic acids is 1. The van der Waals surface area contributed by atoms with E-state index in [1.807, 2.05) is 0 Å². The van der Waals surface area contributed by atoms with E-state index in [4.69, 9.17) is 34.8 Å². The zero-order valence-corrected chi connectivity index (χ0v) is 24.7. The third-order valence-corrected chi connectivity index (χ3v) is 10.5. The van der Waals surface area contributed by atoms with Gasteiger partial charge in [-0.05, 0) is 79.4 Å². The van der Waals surface area contributed by atoms with Crippen molar-refractivity contribution in [3.63, 3.8) is 0 Å². The molecule has 0 bridgehead atoms. The molecule has 2 N–H and O–H groups in total. The van der Waals surface area contributed by atoms with Crippen LogP contribution in [0.15, 0.2) is 65.6 Å². The summed E-state index contributed by atoms with van der Waals surface area (Å²) in [4.78, 5) is 12.9. The number of aryl methyl sites for hydroxylation is 1. The summed E-state index contributed by atoms with van der Waals surface area (Å²) in [5, 5.41) is 3.91. The first-order valence-corrected chi connectivity index (χ1v) is 16.2. The molecule has 0 aliphatic carbocycles. The Morgan fingerprint density at radius 3 is 2.15 bits per heavy atom. The maximum absolute atomic E-state index is 12.9. The normalized spacial score (nSPS) is 15.2. The summed E-state index contributed by atoms with van der Waals surface area (Å²) in [6.45, 7) is 2.18. The first-order chi connectivity index (χ1) is 18.3. The fourth-order valence-corrected chi connectivity index (χ4v) is 7.64. The molecule has 3 aromatic rings. The van der Waals surface area contributed by atoms with Gasteiger partial charge in [-0.15, -0.1) is 0 Å². The van der Waals surface area contributed by atoms with Gasteiger partial charge in [0.15, 0.2) is 0 Å². The number of benzene rings is 3. The van der Waals surface area contributed by atoms with Gasteiger partial charge < -0.3 is 5.32 Å². The first-order valence-electron chi connectivity index (χ1n) is 12.0. The lowest BCUT2D eigenvalue weighted by atomic mass is 9.97. The van der Waals surface area contributed by atoms with Gasteiger partial charge in [-0.1, -0.05) is 46.9 Å². The number of piperidine rings is 1. The Kier molecular flexibility index (Phi) is 9.15. The van der Waals surface area contributed by atoms with Crippen molar-refractivity contribution in [3.8, 4) is 0 Å². The van der Waals surface area contributed by atoms with E-state index in [-0.39, 0.29) is 40.6 Å². The number of carbonyl (C=O) groups is 1. The zero-order valence-electron chi connectivity index (χ0n) is 20.8. The van der Waals surface area contributed by atoms with Crippen LogP contribution in [0.2, 0.25) is 15.1 Å². The molecule has 8 nitrogen and oxygen atoms in total. The van der Waals surface area contributed by atoms with E-state index in [9.17, 15) is 21.6 Å². The van der Waals surface area contributed by atoms with Gasteiger partial charge in [0.05, 0.1) is 16.3 Å². The number of hydrogen-bond donors (Lipinski definition) is 2. The number of nitrogens with zero attached hydrogens (tertiary/aromatic N) is 1. The molecule has 0 unspecified atom stereocenters. The second-order valence-corrected chi connectivity index (χ2v) is 14.2. The number of hydrogen-bond acceptors (Lipinski definition) is 5. The van der Waals surface area contributed by atoms with Crippen molar-refractivity contribution in [1.29, 1.82) is 0 Å². The fourth-order valence-electron chi connectivity index (χ4n) is 4.19. The van der Waals surface area contributed by atoms with Gasteiger partial charge in [-0.2, -0.15) is 0 Å². The predicted molar refractivity (Wildman–Crippen MR) is 155 cm³/mol. The summed E-state index contributed by atoms with van der Waals surface area (Å²) in [7, 11) is -7.49. The van der Waals surface area contributed by atoms with E-state index < -0.39 is 20.0 Å². The number of anilines is 2. The van der Waals surface area contributed by atoms with Gasteiger partial charge in [0, 0.05) is 39.8 Å². The summed E-state index contributed by atoms with van der Waals surface area (Å²) in [5.74, 6) is -0.886. The molecule has 1 aliphatic rings. The maximum atomic E-state index is 12.9. The van der Waals surface area contributed by atoms with Crippen molar-refractivity contribution in [3.05, 3.63) is 86.9 Å². The summed E-state index contributed by atoms with van der Waals surface area (Å²) in [5.41, 5.74) is 2.00. The third-order valence-electron chi connectivity index (χ3n) is 6.45. The van der Waals surface area contributed by atoms with Gasteiger partial charge in [0.2, 0.25) is 15.9 Å². The van der Waals surface area contributed by atoms with E-state index in [1.54, 1.807) is 31.2 Å². The Balaban J connectivity index is 1.33. The van der Waals surface area contributed by atoms with Gasteiger partial charge >= 0.3 is 0 Å². The highest BCUT2D eigenvalue weighted by Gasteiger charge is 2.31. The highest BCUT2D eigenvalue weighted by molar-refractivity contribution is 7.92. The van der Waals surface area contributed by atoms with Crippen molar-refractivity contribution in [1.82, 2.24) is 4.31 Å². The van der Waals surface area contributed by atoms with Crippen molar-refractivity contribution in [2.75, 3.05) is 23.1 Å². The Morgan fingerprint density at radius 2 is 1.51 bits per heavy atom. The van der Waals surface area contributed by atoms with Crippen LogP contribution in [0.1, 0.15) is 24.0 Å². The molecule has 0 spiro atoms. The van der Waals surface area contributed by atoms with E-state index in [1.165, 1.54) is 40.7 Å². The standard InChI is InChI=1S/C26H26Cl3N3O5S2/c1-17-2-4-21(28)15-25(17)31-39(36,37)23-8-6-22(7-9-23)30-26(33)18-10-12-32(13-11-18)38(34,35)16-19-3-5-20(27)14-24(19)29/h2-9,14-15,18,31H,10-13,16H2,1H3,(H,30,33). The summed E-state index contributed by atoms with van der Waals surface area (Å²) >= 11 is 18.0. The minimum Gasteiger partial charge on any atom is -0.326 e. The van der Waals surface area contributed by atoms with Gasteiger partial charge in [0.1, 0.15) is 0 Å². The molecule has 3 aromatic carbocycles. The average Bonchev–Trinajstić information content (AvgIpc) is 2.88. The maximum Gasteiger partial charge on any atom is 0.261 e. The molecule has 1 aliphatic heterocycles. The molecule has 39 heavy (non-hydrogen) atoms. The molecule has 1 saturated heterocycles. The monoisotopic (exact) mass is 629 g/mol. The number of halogens is 3. The quantitative estimate of drug-likeness (QED) is 0.320. The molecule has 1 fully saturated rings. The van der Waals surface area contributed by atoms with E-state index in [2.05, 4.69) is 10.0 Å². The van der Waals surface area contributed by atoms with Crippen LogP contribution in [0, 0.1) is 12.8 Å². The highest BCUT2D eigenvalue weighted by atomic mass is 35.5. The SMILES string of the molecule is Cc1ccc(Cl)cc1NS(=O)(=O)c1ccc(NC(=O)C2CCN(S(=O)(=O)Cc3ccc(Cl)cc3Cl)CC2)cc1.